The van der Waals surface area contributed by atoms with Gasteiger partial charge in [-0.05, 0) is 69.5 Å². The molecule has 0 radical (unpaired) electrons. The van der Waals surface area contributed by atoms with Crippen molar-refractivity contribution >= 4 is 23.2 Å². The molecule has 1 N–H and O–H groups in total. The van der Waals surface area contributed by atoms with Crippen molar-refractivity contribution in [1.82, 2.24) is 9.88 Å². The van der Waals surface area contributed by atoms with Crippen LogP contribution in [0.4, 0.5) is 11.4 Å². The van der Waals surface area contributed by atoms with Gasteiger partial charge in [0.25, 0.3) is 11.8 Å². The summed E-state index contributed by atoms with van der Waals surface area (Å²) < 4.78 is 0. The van der Waals surface area contributed by atoms with E-state index in [0.717, 1.165) is 56.0 Å². The molecular formula is C22H28N4O2. The number of hydrogen-bond donors (Lipinski definition) is 1. The fourth-order valence-electron chi connectivity index (χ4n) is 3.52. The summed E-state index contributed by atoms with van der Waals surface area (Å²) >= 11 is 0. The summed E-state index contributed by atoms with van der Waals surface area (Å²) in [5.41, 5.74) is 3.44. The number of nitrogens with zero attached hydrogens (tertiary/aromatic N) is 3. The third-order valence-corrected chi connectivity index (χ3v) is 5.18. The summed E-state index contributed by atoms with van der Waals surface area (Å²) in [5.74, 6) is -0.415. The van der Waals surface area contributed by atoms with Crippen LogP contribution < -0.4 is 10.2 Å². The summed E-state index contributed by atoms with van der Waals surface area (Å²) in [7, 11) is 0. The standard InChI is InChI=1S/C22H28N4O2/c1-4-25(5-2)17-11-12-18(16(3)15-17)24-21(27)19-9-8-10-20(23-19)22(28)26-13-6-7-14-26/h8-12,15H,4-7,13-14H2,1-3H3,(H,24,27). The van der Waals surface area contributed by atoms with Crippen molar-refractivity contribution in [3.63, 3.8) is 0 Å². The molecule has 28 heavy (non-hydrogen) atoms. The number of amides is 2. The summed E-state index contributed by atoms with van der Waals surface area (Å²) in [6, 6.07) is 11.0. The highest BCUT2D eigenvalue weighted by Gasteiger charge is 2.21. The molecule has 6 nitrogen and oxygen atoms in total. The number of benzene rings is 1. The average Bonchev–Trinajstić information content (AvgIpc) is 3.25. The molecule has 1 aliphatic heterocycles. The van der Waals surface area contributed by atoms with Crippen LogP contribution in [0.5, 0.6) is 0 Å². The first-order valence-corrected chi connectivity index (χ1v) is 9.96. The number of aromatic nitrogens is 1. The lowest BCUT2D eigenvalue weighted by Gasteiger charge is -2.22. The van der Waals surface area contributed by atoms with E-state index in [1.165, 1.54) is 0 Å². The number of anilines is 2. The van der Waals surface area contributed by atoms with Crippen molar-refractivity contribution in [2.45, 2.75) is 33.6 Å². The van der Waals surface area contributed by atoms with Crippen LogP contribution in [0.2, 0.25) is 0 Å². The maximum atomic E-state index is 12.7. The van der Waals surface area contributed by atoms with Gasteiger partial charge in [0.05, 0.1) is 0 Å². The Labute approximate surface area is 166 Å². The first-order chi connectivity index (χ1) is 13.5. The highest BCUT2D eigenvalue weighted by Crippen LogP contribution is 2.23. The second-order valence-electron chi connectivity index (χ2n) is 7.03. The Morgan fingerprint density at radius 2 is 1.75 bits per heavy atom. The third-order valence-electron chi connectivity index (χ3n) is 5.18. The smallest absolute Gasteiger partial charge is 0.274 e. The van der Waals surface area contributed by atoms with Gasteiger partial charge >= 0.3 is 0 Å². The average molecular weight is 380 g/mol. The fraction of sp³-hybridized carbons (Fsp3) is 0.409. The number of pyridine rings is 1. The topological polar surface area (TPSA) is 65.5 Å². The molecule has 0 unspecified atom stereocenters. The van der Waals surface area contributed by atoms with E-state index in [9.17, 15) is 9.59 Å². The molecule has 1 saturated heterocycles. The van der Waals surface area contributed by atoms with Crippen LogP contribution in [0, 0.1) is 6.92 Å². The van der Waals surface area contributed by atoms with E-state index in [0.29, 0.717) is 5.69 Å². The zero-order valence-corrected chi connectivity index (χ0v) is 16.9. The van der Waals surface area contributed by atoms with Crippen LogP contribution in [0.3, 0.4) is 0 Å². The summed E-state index contributed by atoms with van der Waals surface area (Å²) in [6.07, 6.45) is 2.05. The Morgan fingerprint density at radius 1 is 1.07 bits per heavy atom. The van der Waals surface area contributed by atoms with E-state index in [1.807, 2.05) is 19.1 Å². The normalized spacial score (nSPS) is 13.5. The molecule has 2 amide bonds. The van der Waals surface area contributed by atoms with Crippen LogP contribution in [0.25, 0.3) is 0 Å². The molecular weight excluding hydrogens is 352 g/mol. The Bertz CT molecular complexity index is 855. The molecule has 6 heteroatoms. The van der Waals surface area contributed by atoms with Crippen LogP contribution in [0.15, 0.2) is 36.4 Å². The maximum absolute atomic E-state index is 12.7. The zero-order chi connectivity index (χ0) is 20.1. The van der Waals surface area contributed by atoms with Gasteiger partial charge < -0.3 is 15.1 Å². The molecule has 1 aromatic heterocycles. The number of nitrogens with one attached hydrogen (secondary N) is 1. The minimum atomic E-state index is -0.310. The minimum absolute atomic E-state index is 0.105. The van der Waals surface area contributed by atoms with E-state index in [-0.39, 0.29) is 17.5 Å². The first-order valence-electron chi connectivity index (χ1n) is 9.96. The number of rotatable bonds is 6. The molecule has 2 aromatic rings. The van der Waals surface area contributed by atoms with Crippen molar-refractivity contribution in [2.75, 3.05) is 36.4 Å². The van der Waals surface area contributed by atoms with Gasteiger partial charge in [-0.25, -0.2) is 4.98 Å². The molecule has 0 aliphatic carbocycles. The van der Waals surface area contributed by atoms with Crippen LogP contribution >= 0.6 is 0 Å². The highest BCUT2D eigenvalue weighted by atomic mass is 16.2. The van der Waals surface area contributed by atoms with Crippen LogP contribution in [-0.4, -0.2) is 47.9 Å². The molecule has 0 atom stereocenters. The van der Waals surface area contributed by atoms with Crippen molar-refractivity contribution in [3.8, 4) is 0 Å². The predicted molar refractivity (Wildman–Crippen MR) is 112 cm³/mol. The van der Waals surface area contributed by atoms with Gasteiger partial charge in [-0.3, -0.25) is 9.59 Å². The van der Waals surface area contributed by atoms with Gasteiger partial charge in [0.1, 0.15) is 11.4 Å². The van der Waals surface area contributed by atoms with Gasteiger partial charge in [-0.2, -0.15) is 0 Å². The second-order valence-corrected chi connectivity index (χ2v) is 7.03. The Morgan fingerprint density at radius 3 is 2.39 bits per heavy atom. The molecule has 3 rings (SSSR count). The Balaban J connectivity index is 1.74. The summed E-state index contributed by atoms with van der Waals surface area (Å²) in [5, 5.41) is 2.92. The number of hydrogen-bond acceptors (Lipinski definition) is 4. The van der Waals surface area contributed by atoms with E-state index in [1.54, 1.807) is 23.1 Å². The number of carbonyl (C=O) groups excluding carboxylic acids is 2. The van der Waals surface area contributed by atoms with E-state index < -0.39 is 0 Å². The third kappa shape index (κ3) is 4.32. The lowest BCUT2D eigenvalue weighted by atomic mass is 10.1. The Kier molecular flexibility index (Phi) is 6.29. The summed E-state index contributed by atoms with van der Waals surface area (Å²) in [6.45, 7) is 9.60. The molecule has 0 bridgehead atoms. The molecule has 1 aromatic carbocycles. The predicted octanol–water partition coefficient (Wildman–Crippen LogP) is 3.72. The number of aryl methyl sites for hydroxylation is 1. The van der Waals surface area contributed by atoms with E-state index >= 15 is 0 Å². The molecule has 1 fully saturated rings. The van der Waals surface area contributed by atoms with Gasteiger partial charge in [0.15, 0.2) is 0 Å². The van der Waals surface area contributed by atoms with E-state index in [4.69, 9.17) is 0 Å². The van der Waals surface area contributed by atoms with Crippen molar-refractivity contribution in [3.05, 3.63) is 53.3 Å². The van der Waals surface area contributed by atoms with Crippen LogP contribution in [0.1, 0.15) is 53.2 Å². The minimum Gasteiger partial charge on any atom is -0.372 e. The lowest BCUT2D eigenvalue weighted by Crippen LogP contribution is -2.29. The van der Waals surface area contributed by atoms with Crippen molar-refractivity contribution in [1.29, 1.82) is 0 Å². The van der Waals surface area contributed by atoms with Crippen molar-refractivity contribution in [2.24, 2.45) is 0 Å². The molecule has 0 saturated carbocycles. The van der Waals surface area contributed by atoms with Crippen LogP contribution in [-0.2, 0) is 0 Å². The monoisotopic (exact) mass is 380 g/mol. The van der Waals surface area contributed by atoms with Crippen molar-refractivity contribution < 1.29 is 9.59 Å². The highest BCUT2D eigenvalue weighted by molar-refractivity contribution is 6.04. The zero-order valence-electron chi connectivity index (χ0n) is 16.9. The molecule has 2 heterocycles. The maximum Gasteiger partial charge on any atom is 0.274 e. The second kappa shape index (κ2) is 8.87. The van der Waals surface area contributed by atoms with E-state index in [2.05, 4.69) is 35.1 Å². The van der Waals surface area contributed by atoms with Gasteiger partial charge in [-0.15, -0.1) is 0 Å². The molecule has 0 spiro atoms. The Hall–Kier alpha value is -2.89. The van der Waals surface area contributed by atoms with Gasteiger partial charge in [-0.1, -0.05) is 6.07 Å². The van der Waals surface area contributed by atoms with Gasteiger partial charge in [0.2, 0.25) is 0 Å². The SMILES string of the molecule is CCN(CC)c1ccc(NC(=O)c2cccc(C(=O)N3CCCC3)n2)c(C)c1. The quantitative estimate of drug-likeness (QED) is 0.829. The molecule has 148 valence electrons. The van der Waals surface area contributed by atoms with Gasteiger partial charge in [0, 0.05) is 37.6 Å². The molecule has 1 aliphatic rings. The summed E-state index contributed by atoms with van der Waals surface area (Å²) in [4.78, 5) is 33.6. The first kappa shape index (κ1) is 19.9. The number of carbonyl (C=O) groups is 2. The number of likely N-dealkylation sites (tertiary alicyclic amines) is 1. The lowest BCUT2D eigenvalue weighted by molar-refractivity contribution is 0.0787. The fourth-order valence-corrected chi connectivity index (χ4v) is 3.52. The largest absolute Gasteiger partial charge is 0.372 e.